The van der Waals surface area contributed by atoms with Gasteiger partial charge in [-0.1, -0.05) is 31.4 Å². The van der Waals surface area contributed by atoms with Crippen molar-refractivity contribution in [2.24, 2.45) is 4.99 Å². The van der Waals surface area contributed by atoms with Crippen molar-refractivity contribution >= 4 is 23.6 Å². The van der Waals surface area contributed by atoms with Crippen LogP contribution < -0.4 is 10.1 Å². The van der Waals surface area contributed by atoms with Gasteiger partial charge in [0.2, 0.25) is 0 Å². The number of ether oxygens (including phenoxy) is 1. The van der Waals surface area contributed by atoms with E-state index in [1.54, 1.807) is 14.1 Å². The van der Waals surface area contributed by atoms with E-state index in [-0.39, 0.29) is 12.5 Å². The molecule has 1 aliphatic carbocycles. The molecule has 3 rings (SSSR count). The number of hydrogen-bond acceptors (Lipinski definition) is 4. The van der Waals surface area contributed by atoms with Crippen LogP contribution in [0.25, 0.3) is 0 Å². The second-order valence-corrected chi connectivity index (χ2v) is 9.70. The van der Waals surface area contributed by atoms with Gasteiger partial charge in [-0.25, -0.2) is 0 Å². The minimum Gasteiger partial charge on any atom is -0.484 e. The summed E-state index contributed by atoms with van der Waals surface area (Å²) in [4.78, 5) is 20.2. The molecule has 0 bridgehead atoms. The molecule has 2 fully saturated rings. The van der Waals surface area contributed by atoms with Crippen molar-refractivity contribution in [1.29, 1.82) is 0 Å². The van der Waals surface area contributed by atoms with E-state index in [0.29, 0.717) is 17.0 Å². The van der Waals surface area contributed by atoms with Gasteiger partial charge >= 0.3 is 0 Å². The number of amides is 1. The molecule has 1 saturated carbocycles. The number of aliphatic imine (C=N–C) groups is 1. The Morgan fingerprint density at radius 1 is 1.31 bits per heavy atom. The van der Waals surface area contributed by atoms with Gasteiger partial charge in [-0.05, 0) is 30.5 Å². The SMILES string of the molecule is CN=C(NCc1cccc(OCC(=O)N(C)C)c1)N1CCSC2(CCCCC2)C1. The van der Waals surface area contributed by atoms with Gasteiger partial charge in [0.1, 0.15) is 5.75 Å². The first-order chi connectivity index (χ1) is 14.0. The summed E-state index contributed by atoms with van der Waals surface area (Å²) in [5.41, 5.74) is 1.11. The first-order valence-corrected chi connectivity index (χ1v) is 11.5. The fourth-order valence-corrected chi connectivity index (χ4v) is 5.63. The summed E-state index contributed by atoms with van der Waals surface area (Å²) < 4.78 is 6.05. The zero-order valence-electron chi connectivity index (χ0n) is 17.9. The predicted molar refractivity (Wildman–Crippen MR) is 121 cm³/mol. The van der Waals surface area contributed by atoms with Crippen molar-refractivity contribution in [1.82, 2.24) is 15.1 Å². The largest absolute Gasteiger partial charge is 0.484 e. The van der Waals surface area contributed by atoms with Gasteiger partial charge in [0.15, 0.2) is 12.6 Å². The molecular formula is C22H34N4O2S. The number of nitrogens with one attached hydrogen (secondary N) is 1. The van der Waals surface area contributed by atoms with Gasteiger partial charge in [0.25, 0.3) is 5.91 Å². The Kier molecular flexibility index (Phi) is 7.70. The summed E-state index contributed by atoms with van der Waals surface area (Å²) in [6.45, 7) is 2.87. The van der Waals surface area contributed by atoms with Crippen LogP contribution in [0.4, 0.5) is 0 Å². The van der Waals surface area contributed by atoms with Crippen molar-refractivity contribution in [3.8, 4) is 5.75 Å². The minimum atomic E-state index is -0.0476. The average molecular weight is 419 g/mol. The highest BCUT2D eigenvalue weighted by atomic mass is 32.2. The normalized spacial score (nSPS) is 19.1. The molecule has 2 aliphatic rings. The number of likely N-dealkylation sites (N-methyl/N-ethyl adjacent to an activating group) is 1. The number of rotatable bonds is 5. The number of carbonyl (C=O) groups excluding carboxylic acids is 1. The van der Waals surface area contributed by atoms with Crippen LogP contribution in [0.15, 0.2) is 29.3 Å². The van der Waals surface area contributed by atoms with Crippen LogP contribution in [0, 0.1) is 0 Å². The van der Waals surface area contributed by atoms with Gasteiger partial charge in [0, 0.05) is 51.3 Å². The smallest absolute Gasteiger partial charge is 0.259 e. The van der Waals surface area contributed by atoms with Crippen LogP contribution >= 0.6 is 11.8 Å². The van der Waals surface area contributed by atoms with Gasteiger partial charge in [-0.3, -0.25) is 9.79 Å². The van der Waals surface area contributed by atoms with Crippen LogP contribution in [-0.2, 0) is 11.3 Å². The Hall–Kier alpha value is -1.89. The highest BCUT2D eigenvalue weighted by molar-refractivity contribution is 8.00. The topological polar surface area (TPSA) is 57.2 Å². The molecule has 1 heterocycles. The minimum absolute atomic E-state index is 0.0476. The Morgan fingerprint density at radius 2 is 2.10 bits per heavy atom. The third kappa shape index (κ3) is 6.04. The summed E-state index contributed by atoms with van der Waals surface area (Å²) in [5.74, 6) is 2.81. The molecule has 0 unspecified atom stereocenters. The summed E-state index contributed by atoms with van der Waals surface area (Å²) in [5, 5.41) is 3.52. The molecule has 0 aromatic heterocycles. The Labute approximate surface area is 179 Å². The Bertz CT molecular complexity index is 711. The van der Waals surface area contributed by atoms with E-state index >= 15 is 0 Å². The van der Waals surface area contributed by atoms with E-state index in [2.05, 4.69) is 33.0 Å². The van der Waals surface area contributed by atoms with Gasteiger partial charge in [-0.2, -0.15) is 11.8 Å². The summed E-state index contributed by atoms with van der Waals surface area (Å²) in [7, 11) is 5.33. The second-order valence-electron chi connectivity index (χ2n) is 8.14. The van der Waals surface area contributed by atoms with E-state index in [1.165, 1.54) is 42.8 Å². The molecular weight excluding hydrogens is 384 g/mol. The fourth-order valence-electron chi connectivity index (χ4n) is 4.06. The second kappa shape index (κ2) is 10.2. The zero-order chi connectivity index (χ0) is 20.7. The van der Waals surface area contributed by atoms with Crippen LogP contribution in [0.3, 0.4) is 0 Å². The first-order valence-electron chi connectivity index (χ1n) is 10.5. The van der Waals surface area contributed by atoms with Crippen LogP contribution in [0.5, 0.6) is 5.75 Å². The number of carbonyl (C=O) groups is 1. The maximum atomic E-state index is 11.7. The van der Waals surface area contributed by atoms with Crippen LogP contribution in [0.2, 0.25) is 0 Å². The fraction of sp³-hybridized carbons (Fsp3) is 0.636. The maximum absolute atomic E-state index is 11.7. The molecule has 6 nitrogen and oxygen atoms in total. The van der Waals surface area contributed by atoms with E-state index in [4.69, 9.17) is 4.74 Å². The van der Waals surface area contributed by atoms with Crippen molar-refractivity contribution in [3.05, 3.63) is 29.8 Å². The molecule has 0 radical (unpaired) electrons. The molecule has 1 aromatic carbocycles. The van der Waals surface area contributed by atoms with Crippen molar-refractivity contribution in [2.45, 2.75) is 43.4 Å². The number of guanidine groups is 1. The first kappa shape index (κ1) is 21.8. The lowest BCUT2D eigenvalue weighted by Crippen LogP contribution is -2.53. The number of nitrogens with zero attached hydrogens (tertiary/aromatic N) is 3. The summed E-state index contributed by atoms with van der Waals surface area (Å²) >= 11 is 2.17. The molecule has 160 valence electrons. The lowest BCUT2D eigenvalue weighted by Gasteiger charge is -2.45. The summed E-state index contributed by atoms with van der Waals surface area (Å²) in [6.07, 6.45) is 6.76. The number of thioether (sulfide) groups is 1. The predicted octanol–water partition coefficient (Wildman–Crippen LogP) is 2.98. The summed E-state index contributed by atoms with van der Waals surface area (Å²) in [6, 6.07) is 7.90. The van der Waals surface area contributed by atoms with E-state index in [0.717, 1.165) is 24.6 Å². The number of benzene rings is 1. The lowest BCUT2D eigenvalue weighted by atomic mass is 9.87. The monoisotopic (exact) mass is 418 g/mol. The number of hydrogen-bond donors (Lipinski definition) is 1. The molecule has 0 atom stereocenters. The molecule has 1 amide bonds. The molecule has 29 heavy (non-hydrogen) atoms. The molecule has 1 spiro atoms. The average Bonchev–Trinajstić information content (AvgIpc) is 2.73. The highest BCUT2D eigenvalue weighted by Gasteiger charge is 2.38. The molecule has 1 aromatic rings. The van der Waals surface area contributed by atoms with Crippen molar-refractivity contribution < 1.29 is 9.53 Å². The molecule has 1 aliphatic heterocycles. The maximum Gasteiger partial charge on any atom is 0.259 e. The van der Waals surface area contributed by atoms with Crippen molar-refractivity contribution in [2.75, 3.05) is 46.6 Å². The van der Waals surface area contributed by atoms with Crippen molar-refractivity contribution in [3.63, 3.8) is 0 Å². The Morgan fingerprint density at radius 3 is 2.83 bits per heavy atom. The van der Waals surface area contributed by atoms with E-state index in [9.17, 15) is 4.79 Å². The third-order valence-electron chi connectivity index (χ3n) is 5.73. The Balaban J connectivity index is 1.55. The zero-order valence-corrected chi connectivity index (χ0v) is 18.8. The van der Waals surface area contributed by atoms with Crippen LogP contribution in [-0.4, -0.2) is 73.0 Å². The van der Waals surface area contributed by atoms with Gasteiger partial charge < -0.3 is 19.9 Å². The molecule has 1 N–H and O–H groups in total. The molecule has 7 heteroatoms. The molecule has 1 saturated heterocycles. The lowest BCUT2D eigenvalue weighted by molar-refractivity contribution is -0.130. The standard InChI is InChI=1S/C22H34N4O2S/c1-23-21(26-12-13-29-22(17-26)10-5-4-6-11-22)24-15-18-8-7-9-19(14-18)28-16-20(27)25(2)3/h7-9,14H,4-6,10-13,15-17H2,1-3H3,(H,23,24). The third-order valence-corrected chi connectivity index (χ3v) is 7.27. The van der Waals surface area contributed by atoms with E-state index < -0.39 is 0 Å². The van der Waals surface area contributed by atoms with Crippen LogP contribution in [0.1, 0.15) is 37.7 Å². The van der Waals surface area contributed by atoms with Gasteiger partial charge in [-0.15, -0.1) is 0 Å². The van der Waals surface area contributed by atoms with Gasteiger partial charge in [0.05, 0.1) is 0 Å². The van der Waals surface area contributed by atoms with E-state index in [1.807, 2.05) is 25.2 Å². The highest BCUT2D eigenvalue weighted by Crippen LogP contribution is 2.42. The quantitative estimate of drug-likeness (QED) is 0.589.